The molecule has 0 atom stereocenters. The summed E-state index contributed by atoms with van der Waals surface area (Å²) in [6, 6.07) is 59.9. The minimum Gasteiger partial charge on any atom is -0.489 e. The van der Waals surface area contributed by atoms with Crippen molar-refractivity contribution in [3.05, 3.63) is 186 Å². The Balaban J connectivity index is 1.00. The van der Waals surface area contributed by atoms with Gasteiger partial charge in [0.2, 0.25) is 0 Å². The second-order valence-corrected chi connectivity index (χ2v) is 20.8. The van der Waals surface area contributed by atoms with Gasteiger partial charge in [0.05, 0.1) is 24.6 Å². The van der Waals surface area contributed by atoms with Gasteiger partial charge in [-0.2, -0.15) is 0 Å². The standard InChI is InChI=1S/C64H51BN2O4/c1-37-30-53-60-54(31-37)67(61-38(2)32-44(33-39(61)3)64(4,5)6)62-50(25-27-57-63(62)69-29-11-28-68-57)65(60)51-34-41(43-19-24-49-47-13-8-10-15-56(47)71-59(49)36-43)20-26-52(51)66(53)45-21-16-40(17-22-45)42-18-23-48-46-12-7-9-14-55(46)70-58(48)35-42/h7-10,12-27,30-36H,11,28-29H2,1-6H3. The van der Waals surface area contributed by atoms with Gasteiger partial charge in [0.1, 0.15) is 22.3 Å². The number of nitrogens with zero attached hydrogens (tertiary/aromatic N) is 2. The minimum absolute atomic E-state index is 0.0118. The van der Waals surface area contributed by atoms with E-state index >= 15 is 0 Å². The van der Waals surface area contributed by atoms with Crippen LogP contribution in [0.15, 0.2) is 173 Å². The van der Waals surface area contributed by atoms with Crippen LogP contribution in [0.3, 0.4) is 0 Å². The topological polar surface area (TPSA) is 51.2 Å². The molecule has 14 rings (SSSR count). The van der Waals surface area contributed by atoms with E-state index in [0.29, 0.717) is 13.2 Å². The number of aryl methyl sites for hydroxylation is 3. The highest BCUT2D eigenvalue weighted by atomic mass is 16.5. The zero-order chi connectivity index (χ0) is 47.9. The molecule has 0 N–H and O–H groups in total. The lowest BCUT2D eigenvalue weighted by molar-refractivity contribution is 0.297. The Morgan fingerprint density at radius 1 is 0.465 bits per heavy atom. The molecule has 0 spiro atoms. The van der Waals surface area contributed by atoms with Gasteiger partial charge in [0.25, 0.3) is 6.71 Å². The van der Waals surface area contributed by atoms with Gasteiger partial charge in [-0.05, 0) is 160 Å². The van der Waals surface area contributed by atoms with Crippen molar-refractivity contribution in [2.24, 2.45) is 0 Å². The van der Waals surface area contributed by atoms with E-state index in [1.165, 1.54) is 44.3 Å². The first-order chi connectivity index (χ1) is 34.6. The van der Waals surface area contributed by atoms with Gasteiger partial charge in [-0.1, -0.05) is 112 Å². The average molecular weight is 923 g/mol. The van der Waals surface area contributed by atoms with Gasteiger partial charge >= 0.3 is 0 Å². The van der Waals surface area contributed by atoms with E-state index in [4.69, 9.17) is 18.3 Å². The Morgan fingerprint density at radius 3 is 1.69 bits per heavy atom. The molecule has 71 heavy (non-hydrogen) atoms. The number of ether oxygens (including phenoxy) is 2. The van der Waals surface area contributed by atoms with Gasteiger partial charge < -0.3 is 28.1 Å². The average Bonchev–Trinajstić information content (AvgIpc) is 3.83. The number of benzene rings is 9. The number of hydrogen-bond donors (Lipinski definition) is 0. The molecule has 6 nitrogen and oxygen atoms in total. The predicted molar refractivity (Wildman–Crippen MR) is 294 cm³/mol. The molecular weight excluding hydrogens is 872 g/mol. The second-order valence-electron chi connectivity index (χ2n) is 20.8. The Bertz CT molecular complexity index is 4000. The van der Waals surface area contributed by atoms with Crippen LogP contribution in [0.4, 0.5) is 34.1 Å². The highest BCUT2D eigenvalue weighted by Gasteiger charge is 2.46. The van der Waals surface area contributed by atoms with E-state index in [0.717, 1.165) is 112 Å². The van der Waals surface area contributed by atoms with Crippen molar-refractivity contribution in [3.63, 3.8) is 0 Å². The summed E-state index contributed by atoms with van der Waals surface area (Å²) in [6.45, 7) is 14.7. The zero-order valence-corrected chi connectivity index (χ0v) is 40.8. The Kier molecular flexibility index (Phi) is 9.08. The first-order valence-electron chi connectivity index (χ1n) is 24.9. The van der Waals surface area contributed by atoms with Crippen LogP contribution < -0.4 is 35.7 Å². The molecule has 9 aromatic carbocycles. The molecule has 0 radical (unpaired) electrons. The van der Waals surface area contributed by atoms with Gasteiger partial charge in [-0.3, -0.25) is 0 Å². The molecule has 5 heterocycles. The number of anilines is 6. The van der Waals surface area contributed by atoms with Crippen molar-refractivity contribution in [2.75, 3.05) is 23.0 Å². The molecule has 3 aliphatic rings. The number of hydrogen-bond acceptors (Lipinski definition) is 6. The third-order valence-corrected chi connectivity index (χ3v) is 15.2. The molecule has 11 aromatic rings. The summed E-state index contributed by atoms with van der Waals surface area (Å²) in [5.74, 6) is 1.59. The quantitative estimate of drug-likeness (QED) is 0.164. The summed E-state index contributed by atoms with van der Waals surface area (Å²) in [7, 11) is 0. The van der Waals surface area contributed by atoms with Crippen LogP contribution >= 0.6 is 0 Å². The lowest BCUT2D eigenvalue weighted by Gasteiger charge is -2.45. The van der Waals surface area contributed by atoms with Crippen molar-refractivity contribution in [2.45, 2.75) is 53.4 Å². The molecule has 2 aromatic heterocycles. The summed E-state index contributed by atoms with van der Waals surface area (Å²) in [5.41, 5.74) is 23.4. The van der Waals surface area contributed by atoms with E-state index in [-0.39, 0.29) is 12.1 Å². The van der Waals surface area contributed by atoms with E-state index in [9.17, 15) is 0 Å². The van der Waals surface area contributed by atoms with Gasteiger partial charge in [-0.15, -0.1) is 0 Å². The van der Waals surface area contributed by atoms with E-state index in [1.54, 1.807) is 0 Å². The Hall–Kier alpha value is -8.16. The van der Waals surface area contributed by atoms with E-state index < -0.39 is 0 Å². The van der Waals surface area contributed by atoms with Crippen molar-refractivity contribution in [1.82, 2.24) is 0 Å². The third-order valence-electron chi connectivity index (χ3n) is 15.2. The molecule has 7 heteroatoms. The molecule has 3 aliphatic heterocycles. The molecule has 0 unspecified atom stereocenters. The number of fused-ring (bicyclic) bond motifs is 12. The summed E-state index contributed by atoms with van der Waals surface area (Å²) < 4.78 is 26.2. The minimum atomic E-state index is -0.130. The first-order valence-corrected chi connectivity index (χ1v) is 24.9. The van der Waals surface area contributed by atoms with Crippen molar-refractivity contribution in [3.8, 4) is 33.8 Å². The lowest BCUT2D eigenvalue weighted by Crippen LogP contribution is -2.61. The normalized spacial score (nSPS) is 14.0. The number of furan rings is 2. The van der Waals surface area contributed by atoms with Gasteiger partial charge in [-0.25, -0.2) is 0 Å². The van der Waals surface area contributed by atoms with Crippen molar-refractivity contribution >= 4 is 101 Å². The fourth-order valence-corrected chi connectivity index (χ4v) is 11.9. The highest BCUT2D eigenvalue weighted by molar-refractivity contribution is 7.00. The predicted octanol–water partition coefficient (Wildman–Crippen LogP) is 15.3. The molecule has 0 fully saturated rings. The third kappa shape index (κ3) is 6.41. The SMILES string of the molecule is Cc1cc2c3c(c1)N(c1c(C)cc(C(C)(C)C)cc1C)c1c(ccc4c1OCCCO4)B3c1cc(-c3ccc4c(c3)oc3ccccc34)ccc1N2c1ccc(-c2ccc3c(c2)oc2ccccc23)cc1. The van der Waals surface area contributed by atoms with Crippen LogP contribution in [0.5, 0.6) is 11.5 Å². The van der Waals surface area contributed by atoms with E-state index in [1.807, 2.05) is 24.3 Å². The molecular formula is C64H51BN2O4. The molecule has 0 saturated heterocycles. The van der Waals surface area contributed by atoms with Crippen molar-refractivity contribution < 1.29 is 18.3 Å². The maximum Gasteiger partial charge on any atom is 0.252 e. The molecule has 0 amide bonds. The molecule has 0 bridgehead atoms. The maximum atomic E-state index is 6.87. The second kappa shape index (κ2) is 15.4. The molecule has 0 saturated carbocycles. The largest absolute Gasteiger partial charge is 0.489 e. The van der Waals surface area contributed by atoms with Crippen LogP contribution in [0.1, 0.15) is 49.4 Å². The summed E-state index contributed by atoms with van der Waals surface area (Å²) in [5, 5.41) is 4.51. The first kappa shape index (κ1) is 41.8. The summed E-state index contributed by atoms with van der Waals surface area (Å²) in [4.78, 5) is 5.01. The smallest absolute Gasteiger partial charge is 0.252 e. The Morgan fingerprint density at radius 2 is 1.03 bits per heavy atom. The van der Waals surface area contributed by atoms with Crippen LogP contribution in [-0.2, 0) is 5.41 Å². The van der Waals surface area contributed by atoms with Crippen LogP contribution in [0, 0.1) is 20.8 Å². The summed E-state index contributed by atoms with van der Waals surface area (Å²) in [6.07, 6.45) is 0.815. The van der Waals surface area contributed by atoms with Gasteiger partial charge in [0, 0.05) is 50.7 Å². The fraction of sp³-hybridized carbons (Fsp3) is 0.156. The summed E-state index contributed by atoms with van der Waals surface area (Å²) >= 11 is 0. The number of rotatable bonds is 4. The lowest BCUT2D eigenvalue weighted by atomic mass is 9.33. The van der Waals surface area contributed by atoms with Gasteiger partial charge in [0.15, 0.2) is 11.5 Å². The molecule has 344 valence electrons. The Labute approximate surface area is 413 Å². The zero-order valence-electron chi connectivity index (χ0n) is 40.8. The molecule has 0 aliphatic carbocycles. The van der Waals surface area contributed by atoms with Crippen LogP contribution in [-0.4, -0.2) is 19.9 Å². The maximum absolute atomic E-state index is 6.87. The fourth-order valence-electron chi connectivity index (χ4n) is 11.9. The number of para-hydroxylation sites is 2. The van der Waals surface area contributed by atoms with Crippen LogP contribution in [0.2, 0.25) is 0 Å². The highest BCUT2D eigenvalue weighted by Crippen LogP contribution is 2.52. The monoisotopic (exact) mass is 922 g/mol. The van der Waals surface area contributed by atoms with E-state index in [2.05, 4.69) is 191 Å². The van der Waals surface area contributed by atoms with Crippen LogP contribution in [0.25, 0.3) is 66.1 Å². The van der Waals surface area contributed by atoms with Crippen molar-refractivity contribution in [1.29, 1.82) is 0 Å².